The zero-order valence-electron chi connectivity index (χ0n) is 20.7. The molecule has 2 heterocycles. The van der Waals surface area contributed by atoms with Crippen molar-refractivity contribution < 1.29 is 24.2 Å². The SMILES string of the molecule is CC(C)[C@H](c1nc2ccc(C(=O)O)cc2n1C)N1C(=O)CN(c2ccc(Oc3ccccc3)cc2)C1=O. The molecule has 1 aliphatic heterocycles. The highest BCUT2D eigenvalue weighted by Gasteiger charge is 2.44. The van der Waals surface area contributed by atoms with Crippen LogP contribution in [0.15, 0.2) is 72.8 Å². The van der Waals surface area contributed by atoms with Crippen LogP contribution in [0.5, 0.6) is 11.5 Å². The molecular weight excluding hydrogens is 472 g/mol. The van der Waals surface area contributed by atoms with Gasteiger partial charge in [-0.2, -0.15) is 0 Å². The number of rotatable bonds is 7. The number of benzene rings is 3. The van der Waals surface area contributed by atoms with Crippen molar-refractivity contribution in [2.45, 2.75) is 19.9 Å². The number of carboxylic acids is 1. The van der Waals surface area contributed by atoms with Crippen LogP contribution in [-0.2, 0) is 11.8 Å². The lowest BCUT2D eigenvalue weighted by molar-refractivity contribution is -0.127. The Kier molecular flexibility index (Phi) is 6.12. The molecule has 1 atom stereocenters. The number of hydrogen-bond donors (Lipinski definition) is 1. The number of carboxylic acid groups (broad SMARTS) is 1. The lowest BCUT2D eigenvalue weighted by atomic mass is 10.0. The second-order valence-electron chi connectivity index (χ2n) is 9.27. The number of hydrogen-bond acceptors (Lipinski definition) is 5. The van der Waals surface area contributed by atoms with Crippen LogP contribution in [0, 0.1) is 5.92 Å². The zero-order chi connectivity index (χ0) is 26.3. The molecule has 37 heavy (non-hydrogen) atoms. The van der Waals surface area contributed by atoms with Gasteiger partial charge in [-0.15, -0.1) is 0 Å². The third-order valence-corrected chi connectivity index (χ3v) is 6.46. The summed E-state index contributed by atoms with van der Waals surface area (Å²) in [7, 11) is 1.76. The number of aromatic nitrogens is 2. The maximum atomic E-state index is 13.6. The van der Waals surface area contributed by atoms with E-state index in [1.54, 1.807) is 48.0 Å². The van der Waals surface area contributed by atoms with E-state index < -0.39 is 18.0 Å². The van der Waals surface area contributed by atoms with Crippen molar-refractivity contribution in [3.8, 4) is 11.5 Å². The van der Waals surface area contributed by atoms with Crippen molar-refractivity contribution in [2.75, 3.05) is 11.4 Å². The molecule has 3 amide bonds. The van der Waals surface area contributed by atoms with Crippen LogP contribution < -0.4 is 9.64 Å². The van der Waals surface area contributed by atoms with Crippen LogP contribution in [0.1, 0.15) is 36.1 Å². The number of amides is 3. The number of para-hydroxylation sites is 1. The van der Waals surface area contributed by atoms with E-state index in [2.05, 4.69) is 4.98 Å². The number of ether oxygens (including phenoxy) is 1. The summed E-state index contributed by atoms with van der Waals surface area (Å²) in [6, 6.07) is 20.0. The van der Waals surface area contributed by atoms with E-state index in [4.69, 9.17) is 4.74 Å². The number of carbonyl (C=O) groups is 3. The molecular formula is C28H26N4O5. The molecule has 0 bridgehead atoms. The highest BCUT2D eigenvalue weighted by molar-refractivity contribution is 6.12. The number of imide groups is 1. The van der Waals surface area contributed by atoms with Gasteiger partial charge >= 0.3 is 12.0 Å². The third kappa shape index (κ3) is 4.40. The van der Waals surface area contributed by atoms with Gasteiger partial charge in [0.25, 0.3) is 5.91 Å². The number of fused-ring (bicyclic) bond motifs is 1. The molecule has 0 unspecified atom stereocenters. The lowest BCUT2D eigenvalue weighted by Crippen LogP contribution is -2.39. The molecule has 1 N–H and O–H groups in total. The number of carbonyl (C=O) groups excluding carboxylic acids is 2. The average Bonchev–Trinajstić information content (AvgIpc) is 3.36. The molecule has 0 spiro atoms. The number of aromatic carboxylic acids is 1. The Morgan fingerprint density at radius 2 is 1.65 bits per heavy atom. The summed E-state index contributed by atoms with van der Waals surface area (Å²) >= 11 is 0. The van der Waals surface area contributed by atoms with Gasteiger partial charge in [-0.3, -0.25) is 14.6 Å². The molecule has 3 aromatic carbocycles. The van der Waals surface area contributed by atoms with E-state index in [1.165, 1.54) is 15.9 Å². The van der Waals surface area contributed by atoms with Crippen LogP contribution in [0.3, 0.4) is 0 Å². The number of anilines is 1. The zero-order valence-corrected chi connectivity index (χ0v) is 20.7. The van der Waals surface area contributed by atoms with Crippen LogP contribution in [0.25, 0.3) is 11.0 Å². The quantitative estimate of drug-likeness (QED) is 0.350. The molecule has 9 nitrogen and oxygen atoms in total. The van der Waals surface area contributed by atoms with Crippen LogP contribution in [0.4, 0.5) is 10.5 Å². The van der Waals surface area contributed by atoms with Crippen molar-refractivity contribution in [2.24, 2.45) is 13.0 Å². The van der Waals surface area contributed by atoms with Gasteiger partial charge in [0.2, 0.25) is 0 Å². The topological polar surface area (TPSA) is 105 Å². The van der Waals surface area contributed by atoms with Crippen molar-refractivity contribution in [1.82, 2.24) is 14.5 Å². The van der Waals surface area contributed by atoms with Crippen molar-refractivity contribution in [1.29, 1.82) is 0 Å². The predicted octanol–water partition coefficient (Wildman–Crippen LogP) is 5.23. The number of urea groups is 1. The average molecular weight is 499 g/mol. The predicted molar refractivity (Wildman–Crippen MR) is 138 cm³/mol. The second kappa shape index (κ2) is 9.42. The molecule has 5 rings (SSSR count). The first kappa shape index (κ1) is 24.1. The van der Waals surface area contributed by atoms with E-state index in [9.17, 15) is 19.5 Å². The van der Waals surface area contributed by atoms with Gasteiger partial charge < -0.3 is 14.4 Å². The molecule has 9 heteroatoms. The van der Waals surface area contributed by atoms with E-state index in [-0.39, 0.29) is 23.9 Å². The standard InChI is InChI=1S/C28H26N4O5/c1-17(2)25(26-29-22-14-9-18(27(34)35)15-23(22)30(26)3)32-24(33)16-31(28(32)36)19-10-12-21(13-11-19)37-20-7-5-4-6-8-20/h4-15,17,25H,16H2,1-3H3,(H,34,35)/t25-/m1/s1. The Hall–Kier alpha value is -4.66. The highest BCUT2D eigenvalue weighted by Crippen LogP contribution is 2.35. The molecule has 1 fully saturated rings. The molecule has 0 saturated carbocycles. The van der Waals surface area contributed by atoms with Crippen molar-refractivity contribution in [3.63, 3.8) is 0 Å². The van der Waals surface area contributed by atoms with E-state index >= 15 is 0 Å². The van der Waals surface area contributed by atoms with Crippen LogP contribution in [0.2, 0.25) is 0 Å². The first-order valence-electron chi connectivity index (χ1n) is 11.9. The van der Waals surface area contributed by atoms with E-state index in [0.29, 0.717) is 34.0 Å². The maximum Gasteiger partial charge on any atom is 0.335 e. The lowest BCUT2D eigenvalue weighted by Gasteiger charge is -2.29. The first-order valence-corrected chi connectivity index (χ1v) is 11.9. The fourth-order valence-electron chi connectivity index (χ4n) is 4.63. The summed E-state index contributed by atoms with van der Waals surface area (Å²) in [4.78, 5) is 45.6. The van der Waals surface area contributed by atoms with Crippen molar-refractivity contribution >= 4 is 34.6 Å². The molecule has 0 aliphatic carbocycles. The van der Waals surface area contributed by atoms with E-state index in [0.717, 1.165) is 0 Å². The van der Waals surface area contributed by atoms with Gasteiger partial charge in [0.05, 0.1) is 16.6 Å². The smallest absolute Gasteiger partial charge is 0.335 e. The van der Waals surface area contributed by atoms with Gasteiger partial charge in [0.1, 0.15) is 29.9 Å². The molecule has 0 radical (unpaired) electrons. The molecule has 1 aromatic heterocycles. The minimum absolute atomic E-state index is 0.0892. The summed E-state index contributed by atoms with van der Waals surface area (Å²) in [5, 5.41) is 9.37. The monoisotopic (exact) mass is 498 g/mol. The molecule has 4 aromatic rings. The Morgan fingerprint density at radius 1 is 0.973 bits per heavy atom. The largest absolute Gasteiger partial charge is 0.478 e. The number of nitrogens with zero attached hydrogens (tertiary/aromatic N) is 4. The Morgan fingerprint density at radius 3 is 2.30 bits per heavy atom. The van der Waals surface area contributed by atoms with Crippen LogP contribution in [-0.4, -0.2) is 44.0 Å². The summed E-state index contributed by atoms with van der Waals surface area (Å²) < 4.78 is 7.58. The van der Waals surface area contributed by atoms with Gasteiger partial charge in [-0.05, 0) is 60.5 Å². The van der Waals surface area contributed by atoms with Gasteiger partial charge in [0.15, 0.2) is 0 Å². The van der Waals surface area contributed by atoms with Crippen LogP contribution >= 0.6 is 0 Å². The Bertz CT molecular complexity index is 1490. The van der Waals surface area contributed by atoms with Gasteiger partial charge in [-0.1, -0.05) is 32.0 Å². The Balaban J connectivity index is 1.43. The van der Waals surface area contributed by atoms with Gasteiger partial charge in [-0.25, -0.2) is 14.6 Å². The minimum Gasteiger partial charge on any atom is -0.478 e. The van der Waals surface area contributed by atoms with Crippen molar-refractivity contribution in [3.05, 3.63) is 84.2 Å². The highest BCUT2D eigenvalue weighted by atomic mass is 16.5. The maximum absolute atomic E-state index is 13.6. The summed E-state index contributed by atoms with van der Waals surface area (Å²) in [5.41, 5.74) is 1.94. The fourth-order valence-corrected chi connectivity index (χ4v) is 4.63. The molecule has 188 valence electrons. The van der Waals surface area contributed by atoms with Gasteiger partial charge in [0, 0.05) is 12.7 Å². The summed E-state index contributed by atoms with van der Waals surface area (Å²) in [5.74, 6) is 0.334. The number of aryl methyl sites for hydroxylation is 1. The third-order valence-electron chi connectivity index (χ3n) is 6.46. The molecule has 1 saturated heterocycles. The minimum atomic E-state index is -1.04. The second-order valence-corrected chi connectivity index (χ2v) is 9.27. The summed E-state index contributed by atoms with van der Waals surface area (Å²) in [6.07, 6.45) is 0. The van der Waals surface area contributed by atoms with E-state index in [1.807, 2.05) is 44.2 Å². The number of imidazole rings is 1. The normalized spacial score (nSPS) is 14.6. The Labute approximate surface area is 213 Å². The molecule has 1 aliphatic rings. The fraction of sp³-hybridized carbons (Fsp3) is 0.214. The summed E-state index contributed by atoms with van der Waals surface area (Å²) in [6.45, 7) is 3.76. The first-order chi connectivity index (χ1) is 17.7.